The van der Waals surface area contributed by atoms with Crippen molar-refractivity contribution < 1.29 is 19.1 Å². The second-order valence-corrected chi connectivity index (χ2v) is 7.57. The Bertz CT molecular complexity index is 960. The molecule has 1 aromatic heterocycles. The topological polar surface area (TPSA) is 97.4 Å². The van der Waals surface area contributed by atoms with E-state index in [-0.39, 0.29) is 16.8 Å². The number of aryl methyl sites for hydroxylation is 2. The van der Waals surface area contributed by atoms with E-state index >= 15 is 0 Å². The summed E-state index contributed by atoms with van der Waals surface area (Å²) in [5, 5.41) is 5.59. The van der Waals surface area contributed by atoms with Crippen LogP contribution in [0.2, 0.25) is 0 Å². The molecule has 0 fully saturated rings. The standard InChI is InChI=1S/C22H26BrN3O4/c1-5-7-12-24-21(28)19-15(10-8-13(3)25-19)20(27)26-18-14(6-2)9-11-16(23)17(18)22(29)30-4/h8-11H,5-7,12H2,1-4H3,(H,24,28)(H,26,27). The molecule has 0 aliphatic rings. The first-order valence-corrected chi connectivity index (χ1v) is 10.6. The van der Waals surface area contributed by atoms with Crippen LogP contribution in [0.4, 0.5) is 5.69 Å². The number of halogens is 1. The number of anilines is 1. The quantitative estimate of drug-likeness (QED) is 0.438. The molecular weight excluding hydrogens is 450 g/mol. The van der Waals surface area contributed by atoms with Crippen LogP contribution >= 0.6 is 15.9 Å². The largest absolute Gasteiger partial charge is 0.465 e. The Hall–Kier alpha value is -2.74. The number of methoxy groups -OCH3 is 1. The second-order valence-electron chi connectivity index (χ2n) is 6.71. The van der Waals surface area contributed by atoms with E-state index < -0.39 is 17.8 Å². The van der Waals surface area contributed by atoms with E-state index in [0.717, 1.165) is 18.4 Å². The molecule has 0 saturated heterocycles. The molecule has 0 spiro atoms. The van der Waals surface area contributed by atoms with E-state index in [1.807, 2.05) is 19.9 Å². The van der Waals surface area contributed by atoms with Gasteiger partial charge in [-0.25, -0.2) is 9.78 Å². The first-order valence-electron chi connectivity index (χ1n) is 9.80. The van der Waals surface area contributed by atoms with Crippen LogP contribution in [0, 0.1) is 6.92 Å². The Morgan fingerprint density at radius 3 is 2.47 bits per heavy atom. The molecule has 1 heterocycles. The molecule has 8 heteroatoms. The number of rotatable bonds is 8. The maximum absolute atomic E-state index is 13.1. The van der Waals surface area contributed by atoms with Gasteiger partial charge in [-0.15, -0.1) is 0 Å². The lowest BCUT2D eigenvalue weighted by Crippen LogP contribution is -2.29. The summed E-state index contributed by atoms with van der Waals surface area (Å²) in [6.45, 7) is 6.20. The molecule has 2 aromatic rings. The fourth-order valence-electron chi connectivity index (χ4n) is 2.92. The molecule has 2 amide bonds. The first kappa shape index (κ1) is 23.5. The Labute approximate surface area is 184 Å². The van der Waals surface area contributed by atoms with Crippen molar-refractivity contribution >= 4 is 39.4 Å². The van der Waals surface area contributed by atoms with Crippen LogP contribution in [0.25, 0.3) is 0 Å². The van der Waals surface area contributed by atoms with Crippen molar-refractivity contribution in [2.24, 2.45) is 0 Å². The molecule has 160 valence electrons. The monoisotopic (exact) mass is 475 g/mol. The van der Waals surface area contributed by atoms with Gasteiger partial charge in [-0.2, -0.15) is 0 Å². The summed E-state index contributed by atoms with van der Waals surface area (Å²) in [5.41, 5.74) is 2.14. The summed E-state index contributed by atoms with van der Waals surface area (Å²) in [5.74, 6) is -1.51. The number of benzene rings is 1. The van der Waals surface area contributed by atoms with Gasteiger partial charge in [0.25, 0.3) is 11.8 Å². The third-order valence-corrected chi connectivity index (χ3v) is 5.22. The van der Waals surface area contributed by atoms with Gasteiger partial charge < -0.3 is 15.4 Å². The van der Waals surface area contributed by atoms with Gasteiger partial charge in [-0.1, -0.05) is 26.3 Å². The number of hydrogen-bond acceptors (Lipinski definition) is 5. The number of nitrogens with one attached hydrogen (secondary N) is 2. The van der Waals surface area contributed by atoms with Crippen molar-refractivity contribution in [3.63, 3.8) is 0 Å². The average Bonchev–Trinajstić information content (AvgIpc) is 2.73. The van der Waals surface area contributed by atoms with Crippen LogP contribution in [0.15, 0.2) is 28.7 Å². The number of amides is 2. The number of unbranched alkanes of at least 4 members (excludes halogenated alkanes) is 1. The highest BCUT2D eigenvalue weighted by Gasteiger charge is 2.24. The summed E-state index contributed by atoms with van der Waals surface area (Å²) >= 11 is 3.35. The van der Waals surface area contributed by atoms with Crippen molar-refractivity contribution in [1.82, 2.24) is 10.3 Å². The van der Waals surface area contributed by atoms with Crippen molar-refractivity contribution in [2.45, 2.75) is 40.0 Å². The summed E-state index contributed by atoms with van der Waals surface area (Å²) in [6, 6.07) is 6.78. The van der Waals surface area contributed by atoms with Crippen molar-refractivity contribution in [3.8, 4) is 0 Å². The lowest BCUT2D eigenvalue weighted by molar-refractivity contribution is 0.0600. The molecule has 0 unspecified atom stereocenters. The molecule has 0 aliphatic heterocycles. The average molecular weight is 476 g/mol. The number of carbonyl (C=O) groups excluding carboxylic acids is 3. The van der Waals surface area contributed by atoms with Gasteiger partial charge in [0.1, 0.15) is 5.69 Å². The number of aromatic nitrogens is 1. The molecule has 0 saturated carbocycles. The van der Waals surface area contributed by atoms with E-state index in [0.29, 0.717) is 28.8 Å². The first-order chi connectivity index (χ1) is 14.3. The van der Waals surface area contributed by atoms with E-state index in [1.54, 1.807) is 25.1 Å². The number of pyridine rings is 1. The molecular formula is C22H26BrN3O4. The minimum atomic E-state index is -0.577. The van der Waals surface area contributed by atoms with Gasteiger partial charge in [-0.3, -0.25) is 9.59 Å². The Morgan fingerprint density at radius 1 is 1.10 bits per heavy atom. The second kappa shape index (κ2) is 10.9. The zero-order chi connectivity index (χ0) is 22.3. The third-order valence-electron chi connectivity index (χ3n) is 4.56. The highest BCUT2D eigenvalue weighted by molar-refractivity contribution is 9.10. The van der Waals surface area contributed by atoms with Crippen LogP contribution in [-0.4, -0.2) is 36.4 Å². The van der Waals surface area contributed by atoms with E-state index in [2.05, 4.69) is 31.5 Å². The molecule has 0 bridgehead atoms. The van der Waals surface area contributed by atoms with Gasteiger partial charge in [0.2, 0.25) is 0 Å². The summed E-state index contributed by atoms with van der Waals surface area (Å²) in [4.78, 5) is 42.3. The maximum Gasteiger partial charge on any atom is 0.341 e. The summed E-state index contributed by atoms with van der Waals surface area (Å²) in [7, 11) is 1.28. The van der Waals surface area contributed by atoms with Crippen LogP contribution in [0.3, 0.4) is 0 Å². The predicted octanol–water partition coefficient (Wildman–Crippen LogP) is 4.28. The number of ether oxygens (including phenoxy) is 1. The van der Waals surface area contributed by atoms with Crippen molar-refractivity contribution in [1.29, 1.82) is 0 Å². The molecule has 0 radical (unpaired) electrons. The molecule has 2 rings (SSSR count). The fraction of sp³-hybridized carbons (Fsp3) is 0.364. The minimum Gasteiger partial charge on any atom is -0.465 e. The van der Waals surface area contributed by atoms with Crippen LogP contribution in [-0.2, 0) is 11.2 Å². The highest BCUT2D eigenvalue weighted by atomic mass is 79.9. The van der Waals surface area contributed by atoms with Gasteiger partial charge >= 0.3 is 5.97 Å². The third kappa shape index (κ3) is 5.44. The zero-order valence-electron chi connectivity index (χ0n) is 17.6. The van der Waals surface area contributed by atoms with Gasteiger partial charge in [0, 0.05) is 16.7 Å². The number of nitrogens with zero attached hydrogens (tertiary/aromatic N) is 1. The lowest BCUT2D eigenvalue weighted by atomic mass is 10.0. The molecule has 30 heavy (non-hydrogen) atoms. The van der Waals surface area contributed by atoms with Crippen molar-refractivity contribution in [3.05, 3.63) is 56.8 Å². The van der Waals surface area contributed by atoms with Gasteiger partial charge in [0.05, 0.1) is 23.9 Å². The summed E-state index contributed by atoms with van der Waals surface area (Å²) < 4.78 is 5.38. The Balaban J connectivity index is 2.45. The highest BCUT2D eigenvalue weighted by Crippen LogP contribution is 2.30. The molecule has 0 aliphatic carbocycles. The Kier molecular flexibility index (Phi) is 8.53. The van der Waals surface area contributed by atoms with E-state index in [4.69, 9.17) is 4.74 Å². The normalized spacial score (nSPS) is 10.4. The van der Waals surface area contributed by atoms with Crippen molar-refractivity contribution in [2.75, 3.05) is 19.0 Å². The minimum absolute atomic E-state index is 0.0521. The van der Waals surface area contributed by atoms with Crippen LogP contribution < -0.4 is 10.6 Å². The number of esters is 1. The molecule has 0 atom stereocenters. The van der Waals surface area contributed by atoms with E-state index in [1.165, 1.54) is 7.11 Å². The SMILES string of the molecule is CCCCNC(=O)c1nc(C)ccc1C(=O)Nc1c(CC)ccc(Br)c1C(=O)OC. The van der Waals surface area contributed by atoms with Crippen LogP contribution in [0.1, 0.15) is 69.2 Å². The molecule has 1 aromatic carbocycles. The fourth-order valence-corrected chi connectivity index (χ4v) is 3.41. The predicted molar refractivity (Wildman–Crippen MR) is 119 cm³/mol. The zero-order valence-corrected chi connectivity index (χ0v) is 19.2. The smallest absolute Gasteiger partial charge is 0.341 e. The molecule has 2 N–H and O–H groups in total. The van der Waals surface area contributed by atoms with Crippen LogP contribution in [0.5, 0.6) is 0 Å². The maximum atomic E-state index is 13.1. The molecule has 7 nitrogen and oxygen atoms in total. The van der Waals surface area contributed by atoms with Gasteiger partial charge in [-0.05, 0) is 59.5 Å². The van der Waals surface area contributed by atoms with E-state index in [9.17, 15) is 14.4 Å². The Morgan fingerprint density at radius 2 is 1.83 bits per heavy atom. The summed E-state index contributed by atoms with van der Waals surface area (Å²) in [6.07, 6.45) is 2.36. The number of hydrogen-bond donors (Lipinski definition) is 2. The lowest BCUT2D eigenvalue weighted by Gasteiger charge is -2.16. The van der Waals surface area contributed by atoms with Gasteiger partial charge in [0.15, 0.2) is 0 Å². The number of carbonyl (C=O) groups is 3.